The van der Waals surface area contributed by atoms with Gasteiger partial charge in [0.25, 0.3) is 0 Å². The first-order valence-corrected chi connectivity index (χ1v) is 11.4. The van der Waals surface area contributed by atoms with Crippen molar-refractivity contribution in [2.45, 2.75) is 103 Å². The quantitative estimate of drug-likeness (QED) is 0.143. The zero-order chi connectivity index (χ0) is 19.6. The normalized spacial score (nSPS) is 10.8. The highest BCUT2D eigenvalue weighted by atomic mass is 15.4. The molecule has 0 saturated heterocycles. The Balaban J connectivity index is 3.38. The average Bonchev–Trinajstić information content (AvgIpc) is 2.57. The van der Waals surface area contributed by atoms with Crippen molar-refractivity contribution in [1.82, 2.24) is 9.80 Å². The van der Waals surface area contributed by atoms with Gasteiger partial charge < -0.3 is 0 Å². The molecule has 26 heavy (non-hydrogen) atoms. The third kappa shape index (κ3) is 14.4. The minimum Gasteiger partial charge on any atom is -0.270 e. The van der Waals surface area contributed by atoms with Crippen LogP contribution in [0, 0.1) is 0 Å². The summed E-state index contributed by atoms with van der Waals surface area (Å²) in [5.41, 5.74) is 0. The van der Waals surface area contributed by atoms with Crippen molar-refractivity contribution >= 4 is 5.96 Å². The summed E-state index contributed by atoms with van der Waals surface area (Å²) in [6.07, 6.45) is 21.5. The molecule has 0 unspecified atom stereocenters. The molecule has 0 rings (SSSR count). The lowest BCUT2D eigenvalue weighted by atomic mass is 10.0. The molecule has 0 saturated carbocycles. The first-order valence-electron chi connectivity index (χ1n) is 11.4. The van der Waals surface area contributed by atoms with Gasteiger partial charge in [0.15, 0.2) is 0 Å². The molecule has 0 heterocycles. The van der Waals surface area contributed by atoms with E-state index >= 15 is 0 Å². The molecule has 0 aliphatic rings. The lowest BCUT2D eigenvalue weighted by Gasteiger charge is -2.21. The Morgan fingerprint density at radius 2 is 0.923 bits per heavy atom. The van der Waals surface area contributed by atoms with Crippen LogP contribution in [0.4, 0.5) is 0 Å². The van der Waals surface area contributed by atoms with Crippen LogP contribution >= 0.6 is 0 Å². The minimum absolute atomic E-state index is 1.16. The smallest absolute Gasteiger partial charge is 0.270 e. The monoisotopic (exact) mass is 368 g/mol. The molecule has 0 aromatic heterocycles. The van der Waals surface area contributed by atoms with Crippen molar-refractivity contribution in [2.24, 2.45) is 0 Å². The lowest BCUT2D eigenvalue weighted by molar-refractivity contribution is -0.475. The fourth-order valence-corrected chi connectivity index (χ4v) is 3.90. The molecule has 3 heteroatoms. The number of unbranched alkanes of at least 4 members (excludes halogenated alkanes) is 14. The maximum Gasteiger partial charge on any atom is 0.349 e. The molecule has 0 aliphatic heterocycles. The summed E-state index contributed by atoms with van der Waals surface area (Å²) in [4.78, 5) is 4.58. The highest BCUT2D eigenvalue weighted by Gasteiger charge is 2.17. The molecule has 0 radical (unpaired) electrons. The zero-order valence-corrected chi connectivity index (χ0v) is 19.2. The molecule has 0 fully saturated rings. The predicted molar refractivity (Wildman–Crippen MR) is 118 cm³/mol. The predicted octanol–water partition coefficient (Wildman–Crippen LogP) is 5.98. The molecule has 0 atom stereocenters. The second-order valence-corrected chi connectivity index (χ2v) is 8.46. The fourth-order valence-electron chi connectivity index (χ4n) is 3.90. The molecule has 156 valence electrons. The Labute approximate surface area is 165 Å². The topological polar surface area (TPSA) is 9.49 Å². The van der Waals surface area contributed by atoms with E-state index in [4.69, 9.17) is 0 Å². The van der Waals surface area contributed by atoms with Gasteiger partial charge in [-0.3, -0.25) is 14.4 Å². The van der Waals surface area contributed by atoms with Gasteiger partial charge in [-0.1, -0.05) is 96.8 Å². The minimum atomic E-state index is 1.16. The number of rotatable bonds is 16. The molecule has 0 bridgehead atoms. The summed E-state index contributed by atoms with van der Waals surface area (Å²) >= 11 is 0. The van der Waals surface area contributed by atoms with Crippen molar-refractivity contribution in [3.05, 3.63) is 0 Å². The van der Waals surface area contributed by atoms with Gasteiger partial charge >= 0.3 is 5.96 Å². The van der Waals surface area contributed by atoms with Crippen LogP contribution in [0.25, 0.3) is 0 Å². The van der Waals surface area contributed by atoms with E-state index in [1.54, 1.807) is 0 Å². The van der Waals surface area contributed by atoms with E-state index in [1.807, 2.05) is 0 Å². The summed E-state index contributed by atoms with van der Waals surface area (Å²) in [5, 5.41) is 0. The van der Waals surface area contributed by atoms with Crippen LogP contribution in [0.1, 0.15) is 103 Å². The largest absolute Gasteiger partial charge is 0.349 e. The van der Waals surface area contributed by atoms with Crippen molar-refractivity contribution in [2.75, 3.05) is 41.8 Å². The van der Waals surface area contributed by atoms with E-state index in [0.29, 0.717) is 0 Å². The molecular weight excluding hydrogens is 318 g/mol. The van der Waals surface area contributed by atoms with Gasteiger partial charge in [0.1, 0.15) is 0 Å². The molecular formula is C23H50N3+. The van der Waals surface area contributed by atoms with Gasteiger partial charge in [-0.25, -0.2) is 0 Å². The van der Waals surface area contributed by atoms with Gasteiger partial charge in [-0.05, 0) is 6.42 Å². The van der Waals surface area contributed by atoms with E-state index < -0.39 is 0 Å². The van der Waals surface area contributed by atoms with E-state index in [9.17, 15) is 0 Å². The van der Waals surface area contributed by atoms with E-state index in [1.165, 1.54) is 102 Å². The van der Waals surface area contributed by atoms with Crippen LogP contribution in [-0.4, -0.2) is 62.1 Å². The Morgan fingerprint density at radius 3 is 1.23 bits per heavy atom. The van der Waals surface area contributed by atoms with E-state index in [2.05, 4.69) is 56.5 Å². The molecule has 0 amide bonds. The Hall–Kier alpha value is -0.730. The maximum atomic E-state index is 2.38. The summed E-state index contributed by atoms with van der Waals surface area (Å²) in [6.45, 7) is 3.45. The maximum absolute atomic E-state index is 2.38. The highest BCUT2D eigenvalue weighted by molar-refractivity contribution is 5.74. The summed E-state index contributed by atoms with van der Waals surface area (Å²) < 4.78 is 2.20. The third-order valence-electron chi connectivity index (χ3n) is 5.24. The number of hydrogen-bond donors (Lipinski definition) is 0. The van der Waals surface area contributed by atoms with Crippen molar-refractivity contribution in [1.29, 1.82) is 0 Å². The lowest BCUT2D eigenvalue weighted by Crippen LogP contribution is -2.43. The third-order valence-corrected chi connectivity index (χ3v) is 5.24. The van der Waals surface area contributed by atoms with Gasteiger partial charge in [-0.2, -0.15) is 0 Å². The van der Waals surface area contributed by atoms with Gasteiger partial charge in [0, 0.05) is 0 Å². The van der Waals surface area contributed by atoms with Gasteiger partial charge in [-0.15, -0.1) is 0 Å². The Bertz CT molecular complexity index is 332. The first kappa shape index (κ1) is 25.3. The van der Waals surface area contributed by atoms with Crippen LogP contribution in [-0.2, 0) is 0 Å². The number of guanidine groups is 1. The van der Waals surface area contributed by atoms with E-state index in [0.717, 1.165) is 6.54 Å². The van der Waals surface area contributed by atoms with Crippen molar-refractivity contribution in [3.63, 3.8) is 0 Å². The zero-order valence-electron chi connectivity index (χ0n) is 19.2. The molecule has 0 aliphatic carbocycles. The first-order chi connectivity index (χ1) is 12.5. The number of hydrogen-bond acceptors (Lipinski definition) is 0. The van der Waals surface area contributed by atoms with E-state index in [-0.39, 0.29) is 0 Å². The van der Waals surface area contributed by atoms with Crippen LogP contribution in [0.3, 0.4) is 0 Å². The standard InChI is InChI=1S/C23H50N3/c1-7-8-9-10-11-12-13-14-15-16-17-18-19-20-21-22-26(6)23(24(2)3)25(4)5/h7-22H2,1-6H3/q+1. The molecule has 0 spiro atoms. The van der Waals surface area contributed by atoms with Crippen LogP contribution < -0.4 is 0 Å². The second kappa shape index (κ2) is 17.7. The van der Waals surface area contributed by atoms with Crippen LogP contribution in [0.15, 0.2) is 0 Å². The van der Waals surface area contributed by atoms with Crippen LogP contribution in [0.2, 0.25) is 0 Å². The van der Waals surface area contributed by atoms with Crippen molar-refractivity contribution in [3.8, 4) is 0 Å². The van der Waals surface area contributed by atoms with Gasteiger partial charge in [0.05, 0.1) is 41.8 Å². The van der Waals surface area contributed by atoms with Gasteiger partial charge in [0.2, 0.25) is 0 Å². The van der Waals surface area contributed by atoms with Crippen LogP contribution in [0.5, 0.6) is 0 Å². The Morgan fingerprint density at radius 1 is 0.577 bits per heavy atom. The summed E-state index contributed by atoms with van der Waals surface area (Å²) in [5.74, 6) is 1.29. The molecule has 0 N–H and O–H groups in total. The molecule has 0 aromatic rings. The second-order valence-electron chi connectivity index (χ2n) is 8.46. The summed E-state index contributed by atoms with van der Waals surface area (Å²) in [6, 6.07) is 0. The SMILES string of the molecule is CCCCCCCCCCCCCCCCCN(C)C(N(C)C)=[N+](C)C. The number of nitrogens with zero attached hydrogens (tertiary/aromatic N) is 3. The highest BCUT2D eigenvalue weighted by Crippen LogP contribution is 2.13. The molecule has 0 aromatic carbocycles. The van der Waals surface area contributed by atoms with Crippen molar-refractivity contribution < 1.29 is 4.58 Å². The fraction of sp³-hybridized carbons (Fsp3) is 0.957. The average molecular weight is 369 g/mol. The molecule has 3 nitrogen and oxygen atoms in total. The Kier molecular flexibility index (Phi) is 17.2. The summed E-state index contributed by atoms with van der Waals surface area (Å²) in [7, 11) is 10.7.